The summed E-state index contributed by atoms with van der Waals surface area (Å²) in [4.78, 5) is 7.04. The van der Waals surface area contributed by atoms with Gasteiger partial charge in [-0.05, 0) is 45.2 Å². The average Bonchev–Trinajstić information content (AvgIpc) is 2.66. The number of nitrogens with one attached hydrogen (secondary N) is 1. The first-order valence-electron chi connectivity index (χ1n) is 7.50. The van der Waals surface area contributed by atoms with E-state index in [1.807, 2.05) is 0 Å². The lowest BCUT2D eigenvalue weighted by molar-refractivity contribution is 0.217. The molecule has 1 aliphatic heterocycles. The highest BCUT2D eigenvalue weighted by atomic mass is 15.2. The van der Waals surface area contributed by atoms with Gasteiger partial charge in [0, 0.05) is 25.8 Å². The van der Waals surface area contributed by atoms with E-state index in [2.05, 4.69) is 53.8 Å². The maximum absolute atomic E-state index is 4.61. The van der Waals surface area contributed by atoms with Gasteiger partial charge in [0.2, 0.25) is 5.95 Å². The number of imidazole rings is 1. The van der Waals surface area contributed by atoms with Crippen LogP contribution in [0.4, 0.5) is 5.95 Å². The van der Waals surface area contributed by atoms with E-state index in [9.17, 15) is 0 Å². The zero-order valence-electron chi connectivity index (χ0n) is 12.8. The molecule has 0 amide bonds. The van der Waals surface area contributed by atoms with Crippen molar-refractivity contribution in [3.8, 4) is 0 Å². The Bertz CT molecular complexity index is 397. The zero-order chi connectivity index (χ0) is 13.8. The van der Waals surface area contributed by atoms with Crippen molar-refractivity contribution in [3.63, 3.8) is 0 Å². The summed E-state index contributed by atoms with van der Waals surface area (Å²) < 4.78 is 2.26. The summed E-state index contributed by atoms with van der Waals surface area (Å²) in [6, 6.07) is 0. The second-order valence-electron chi connectivity index (χ2n) is 6.40. The molecule has 1 aromatic rings. The molecule has 4 heteroatoms. The molecule has 4 nitrogen and oxygen atoms in total. The molecule has 0 bridgehead atoms. The Hall–Kier alpha value is -1.03. The number of hydrogen-bond donors (Lipinski definition) is 1. The van der Waals surface area contributed by atoms with Crippen LogP contribution in [0.25, 0.3) is 0 Å². The SMILES string of the molecule is Cc1cn(CC(C)C)c(NCC2CCCN(C)C2)n1. The summed E-state index contributed by atoms with van der Waals surface area (Å²) in [5, 5.41) is 3.55. The molecule has 1 N–H and O–H groups in total. The predicted octanol–water partition coefficient (Wildman–Crippen LogP) is 2.60. The smallest absolute Gasteiger partial charge is 0.203 e. The fourth-order valence-corrected chi connectivity index (χ4v) is 2.90. The molecule has 19 heavy (non-hydrogen) atoms. The van der Waals surface area contributed by atoms with Gasteiger partial charge in [-0.1, -0.05) is 13.8 Å². The first kappa shape index (κ1) is 14.4. The van der Waals surface area contributed by atoms with Crippen LogP contribution in [0.1, 0.15) is 32.4 Å². The summed E-state index contributed by atoms with van der Waals surface area (Å²) in [5.74, 6) is 2.44. The van der Waals surface area contributed by atoms with Gasteiger partial charge in [0.15, 0.2) is 0 Å². The molecule has 2 rings (SSSR count). The summed E-state index contributed by atoms with van der Waals surface area (Å²) in [5.41, 5.74) is 1.10. The molecule has 2 heterocycles. The normalized spacial score (nSPS) is 21.0. The third-order valence-electron chi connectivity index (χ3n) is 3.73. The molecule has 0 radical (unpaired) electrons. The van der Waals surface area contributed by atoms with Crippen LogP contribution < -0.4 is 5.32 Å². The minimum absolute atomic E-state index is 0.648. The molecule has 1 aromatic heterocycles. The Balaban J connectivity index is 1.91. The molecular formula is C15H28N4. The average molecular weight is 264 g/mol. The lowest BCUT2D eigenvalue weighted by atomic mass is 9.99. The van der Waals surface area contributed by atoms with Crippen LogP contribution in [0.15, 0.2) is 6.20 Å². The zero-order valence-corrected chi connectivity index (χ0v) is 12.8. The highest BCUT2D eigenvalue weighted by Gasteiger charge is 2.17. The fraction of sp³-hybridized carbons (Fsp3) is 0.800. The topological polar surface area (TPSA) is 33.1 Å². The Morgan fingerprint density at radius 2 is 2.26 bits per heavy atom. The molecule has 1 atom stereocenters. The molecule has 108 valence electrons. The number of likely N-dealkylation sites (tertiary alicyclic amines) is 1. The van der Waals surface area contributed by atoms with E-state index in [0.29, 0.717) is 5.92 Å². The van der Waals surface area contributed by atoms with Crippen molar-refractivity contribution in [2.45, 2.75) is 40.2 Å². The quantitative estimate of drug-likeness (QED) is 0.887. The summed E-state index contributed by atoms with van der Waals surface area (Å²) in [7, 11) is 2.22. The summed E-state index contributed by atoms with van der Waals surface area (Å²) >= 11 is 0. The number of anilines is 1. The van der Waals surface area contributed by atoms with Gasteiger partial charge in [-0.2, -0.15) is 0 Å². The third kappa shape index (κ3) is 4.23. The van der Waals surface area contributed by atoms with Crippen LogP contribution in [0, 0.1) is 18.8 Å². The van der Waals surface area contributed by atoms with Gasteiger partial charge >= 0.3 is 0 Å². The summed E-state index contributed by atoms with van der Waals surface area (Å²) in [6.45, 7) is 11.1. The number of rotatable bonds is 5. The first-order valence-corrected chi connectivity index (χ1v) is 7.50. The minimum Gasteiger partial charge on any atom is -0.355 e. The molecular weight excluding hydrogens is 236 g/mol. The highest BCUT2D eigenvalue weighted by Crippen LogP contribution is 2.17. The van der Waals surface area contributed by atoms with E-state index >= 15 is 0 Å². The number of hydrogen-bond acceptors (Lipinski definition) is 3. The maximum atomic E-state index is 4.61. The number of piperidine rings is 1. The van der Waals surface area contributed by atoms with E-state index in [4.69, 9.17) is 0 Å². The second kappa shape index (κ2) is 6.42. The second-order valence-corrected chi connectivity index (χ2v) is 6.40. The Kier molecular flexibility index (Phi) is 4.86. The lowest BCUT2D eigenvalue weighted by Gasteiger charge is -2.29. The van der Waals surface area contributed by atoms with Crippen LogP contribution in [0.5, 0.6) is 0 Å². The predicted molar refractivity (Wildman–Crippen MR) is 80.5 cm³/mol. The van der Waals surface area contributed by atoms with Crippen molar-refractivity contribution in [2.24, 2.45) is 11.8 Å². The third-order valence-corrected chi connectivity index (χ3v) is 3.73. The van der Waals surface area contributed by atoms with Crippen LogP contribution in [-0.4, -0.2) is 41.1 Å². The fourth-order valence-electron chi connectivity index (χ4n) is 2.90. The van der Waals surface area contributed by atoms with Gasteiger partial charge in [0.1, 0.15) is 0 Å². The largest absolute Gasteiger partial charge is 0.355 e. The summed E-state index contributed by atoms with van der Waals surface area (Å²) in [6.07, 6.45) is 4.80. The Morgan fingerprint density at radius 1 is 1.47 bits per heavy atom. The van der Waals surface area contributed by atoms with Crippen molar-refractivity contribution >= 4 is 5.95 Å². The van der Waals surface area contributed by atoms with E-state index in [-0.39, 0.29) is 0 Å². The van der Waals surface area contributed by atoms with Crippen molar-refractivity contribution < 1.29 is 0 Å². The van der Waals surface area contributed by atoms with Crippen LogP contribution in [0.2, 0.25) is 0 Å². The molecule has 0 saturated carbocycles. The standard InChI is InChI=1S/C15H28N4/c1-12(2)9-19-10-13(3)17-15(19)16-8-14-6-5-7-18(4)11-14/h10,12,14H,5-9,11H2,1-4H3,(H,16,17). The first-order chi connectivity index (χ1) is 9.04. The lowest BCUT2D eigenvalue weighted by Crippen LogP contribution is -2.35. The molecule has 0 aromatic carbocycles. The Morgan fingerprint density at radius 3 is 2.95 bits per heavy atom. The van der Waals surface area contributed by atoms with Gasteiger partial charge < -0.3 is 14.8 Å². The van der Waals surface area contributed by atoms with Gasteiger partial charge in [-0.15, -0.1) is 0 Å². The van der Waals surface area contributed by atoms with E-state index < -0.39 is 0 Å². The van der Waals surface area contributed by atoms with E-state index in [1.54, 1.807) is 0 Å². The highest BCUT2D eigenvalue weighted by molar-refractivity contribution is 5.28. The van der Waals surface area contributed by atoms with Crippen molar-refractivity contribution in [1.82, 2.24) is 14.5 Å². The van der Waals surface area contributed by atoms with Gasteiger partial charge in [-0.3, -0.25) is 0 Å². The monoisotopic (exact) mass is 264 g/mol. The van der Waals surface area contributed by atoms with Gasteiger partial charge in [0.25, 0.3) is 0 Å². The Labute approximate surface area is 117 Å². The van der Waals surface area contributed by atoms with Crippen molar-refractivity contribution in [1.29, 1.82) is 0 Å². The number of aromatic nitrogens is 2. The maximum Gasteiger partial charge on any atom is 0.203 e. The van der Waals surface area contributed by atoms with Gasteiger partial charge in [-0.25, -0.2) is 4.98 Å². The van der Waals surface area contributed by atoms with Crippen molar-refractivity contribution in [2.75, 3.05) is 32.0 Å². The molecule has 0 spiro atoms. The molecule has 1 fully saturated rings. The van der Waals surface area contributed by atoms with E-state index in [0.717, 1.165) is 30.6 Å². The van der Waals surface area contributed by atoms with Crippen LogP contribution in [-0.2, 0) is 6.54 Å². The molecule has 0 aliphatic carbocycles. The molecule has 1 saturated heterocycles. The number of nitrogens with zero attached hydrogens (tertiary/aromatic N) is 3. The molecule has 1 aliphatic rings. The minimum atomic E-state index is 0.648. The van der Waals surface area contributed by atoms with Gasteiger partial charge in [0.05, 0.1) is 5.69 Å². The van der Waals surface area contributed by atoms with Crippen LogP contribution in [0.3, 0.4) is 0 Å². The number of aryl methyl sites for hydroxylation is 1. The van der Waals surface area contributed by atoms with Crippen LogP contribution >= 0.6 is 0 Å². The van der Waals surface area contributed by atoms with Crippen molar-refractivity contribution in [3.05, 3.63) is 11.9 Å². The van der Waals surface area contributed by atoms with E-state index in [1.165, 1.54) is 25.9 Å². The molecule has 1 unspecified atom stereocenters.